The summed E-state index contributed by atoms with van der Waals surface area (Å²) in [5.74, 6) is 0.426. The van der Waals surface area contributed by atoms with E-state index in [-0.39, 0.29) is 12.1 Å². The molecular weight excluding hydrogens is 414 g/mol. The van der Waals surface area contributed by atoms with Crippen LogP contribution in [0.4, 0.5) is 20.4 Å². The first-order chi connectivity index (χ1) is 15.4. The van der Waals surface area contributed by atoms with Crippen LogP contribution < -0.4 is 10.2 Å². The van der Waals surface area contributed by atoms with Gasteiger partial charge >= 0.3 is 0 Å². The first-order valence-corrected chi connectivity index (χ1v) is 10.9. The van der Waals surface area contributed by atoms with E-state index < -0.39 is 11.6 Å². The topological polar surface area (TPSA) is 77.4 Å². The fraction of sp³-hybridized carbons (Fsp3) is 0.435. The molecule has 1 aliphatic heterocycles. The zero-order chi connectivity index (χ0) is 22.2. The van der Waals surface area contributed by atoms with Crippen molar-refractivity contribution in [2.75, 3.05) is 36.4 Å². The van der Waals surface area contributed by atoms with Crippen molar-refractivity contribution in [3.8, 4) is 0 Å². The number of fused-ring (bicyclic) bond motifs is 1. The van der Waals surface area contributed by atoms with Crippen molar-refractivity contribution >= 4 is 22.7 Å². The van der Waals surface area contributed by atoms with Crippen molar-refractivity contribution < 1.29 is 13.9 Å². The summed E-state index contributed by atoms with van der Waals surface area (Å²) in [7, 11) is 0. The minimum atomic E-state index is -0.561. The summed E-state index contributed by atoms with van der Waals surface area (Å²) in [6.07, 6.45) is 2.88. The first kappa shape index (κ1) is 21.0. The van der Waals surface area contributed by atoms with Gasteiger partial charge in [-0.1, -0.05) is 6.07 Å². The number of nitrogens with one attached hydrogen (secondary N) is 1. The van der Waals surface area contributed by atoms with E-state index in [2.05, 4.69) is 20.1 Å². The Morgan fingerprint density at radius 2 is 1.84 bits per heavy atom. The van der Waals surface area contributed by atoms with Gasteiger partial charge in [-0.05, 0) is 31.9 Å². The van der Waals surface area contributed by atoms with Gasteiger partial charge in [-0.3, -0.25) is 9.88 Å². The minimum Gasteiger partial charge on any atom is -0.393 e. The maximum Gasteiger partial charge on any atom is 0.172 e. The van der Waals surface area contributed by atoms with Gasteiger partial charge in [0.05, 0.1) is 17.8 Å². The highest BCUT2D eigenvalue weighted by Crippen LogP contribution is 2.30. The lowest BCUT2D eigenvalue weighted by Crippen LogP contribution is -2.47. The summed E-state index contributed by atoms with van der Waals surface area (Å²) in [4.78, 5) is 18.4. The number of aryl methyl sites for hydroxylation is 1. The molecule has 0 bridgehead atoms. The number of benzene rings is 1. The summed E-state index contributed by atoms with van der Waals surface area (Å²) in [6, 6.07) is 5.84. The lowest BCUT2D eigenvalue weighted by molar-refractivity contribution is 0.0835. The molecule has 2 fully saturated rings. The molecule has 2 aromatic heterocycles. The number of nitrogens with zero attached hydrogens (tertiary/aromatic N) is 5. The lowest BCUT2D eigenvalue weighted by atomic mass is 9.89. The number of aromatic nitrogens is 3. The largest absolute Gasteiger partial charge is 0.393 e. The fourth-order valence-corrected chi connectivity index (χ4v) is 4.28. The number of hydrogen-bond acceptors (Lipinski definition) is 7. The first-order valence-electron chi connectivity index (χ1n) is 10.9. The Bertz CT molecular complexity index is 1130. The molecule has 0 amide bonds. The van der Waals surface area contributed by atoms with Crippen LogP contribution in [0.15, 0.2) is 30.5 Å². The van der Waals surface area contributed by atoms with Gasteiger partial charge < -0.3 is 15.3 Å². The molecule has 1 aliphatic carbocycles. The molecule has 9 heteroatoms. The Balaban J connectivity index is 1.34. The molecule has 0 radical (unpaired) electrons. The van der Waals surface area contributed by atoms with Gasteiger partial charge in [-0.15, -0.1) is 0 Å². The van der Waals surface area contributed by atoms with Gasteiger partial charge in [0.25, 0.3) is 0 Å². The molecule has 7 nitrogen and oxygen atoms in total. The maximum atomic E-state index is 14.0. The van der Waals surface area contributed by atoms with E-state index in [1.807, 2.05) is 13.0 Å². The van der Waals surface area contributed by atoms with Gasteiger partial charge in [0, 0.05) is 56.1 Å². The number of aliphatic hydroxyl groups is 1. The normalized spacial score (nSPS) is 21.6. The lowest BCUT2D eigenvalue weighted by Gasteiger charge is -2.37. The van der Waals surface area contributed by atoms with E-state index in [0.717, 1.165) is 47.5 Å². The number of halogens is 2. The molecule has 0 unspecified atom stereocenters. The van der Waals surface area contributed by atoms with Crippen LogP contribution in [0.3, 0.4) is 0 Å². The van der Waals surface area contributed by atoms with Crippen LogP contribution in [0, 0.1) is 18.6 Å². The second-order valence-corrected chi connectivity index (χ2v) is 8.68. The van der Waals surface area contributed by atoms with Crippen molar-refractivity contribution in [3.05, 3.63) is 53.4 Å². The smallest absolute Gasteiger partial charge is 0.172 e. The number of pyridine rings is 1. The molecule has 1 aromatic carbocycles. The summed E-state index contributed by atoms with van der Waals surface area (Å²) in [5, 5.41) is 13.1. The van der Waals surface area contributed by atoms with E-state index in [1.54, 1.807) is 6.20 Å². The van der Waals surface area contributed by atoms with Gasteiger partial charge in [0.15, 0.2) is 11.6 Å². The Morgan fingerprint density at radius 1 is 1.06 bits per heavy atom. The van der Waals surface area contributed by atoms with Crippen LogP contribution >= 0.6 is 0 Å². The molecule has 3 aromatic rings. The molecule has 0 spiro atoms. The van der Waals surface area contributed by atoms with Gasteiger partial charge in [0.2, 0.25) is 0 Å². The number of rotatable bonds is 5. The predicted octanol–water partition coefficient (Wildman–Crippen LogP) is 2.87. The number of anilines is 2. The SMILES string of the molecule is Cc1cc2nc(N[C@H]3C[C@H](O)C3)c(N3CCN(Cc4ccc(F)cc4F)CC3)nc2cn1. The van der Waals surface area contributed by atoms with Crippen LogP contribution in [0.1, 0.15) is 24.1 Å². The van der Waals surface area contributed by atoms with Crippen LogP contribution in [0.25, 0.3) is 11.0 Å². The van der Waals surface area contributed by atoms with Crippen molar-refractivity contribution in [2.45, 2.75) is 38.5 Å². The monoisotopic (exact) mass is 440 g/mol. The third-order valence-electron chi connectivity index (χ3n) is 6.20. The van der Waals surface area contributed by atoms with Gasteiger partial charge in [0.1, 0.15) is 17.2 Å². The summed E-state index contributed by atoms with van der Waals surface area (Å²) < 4.78 is 27.2. The van der Waals surface area contributed by atoms with Gasteiger partial charge in [-0.25, -0.2) is 18.7 Å². The van der Waals surface area contributed by atoms with Crippen LogP contribution in [-0.4, -0.2) is 63.3 Å². The van der Waals surface area contributed by atoms with Crippen LogP contribution in [-0.2, 0) is 6.54 Å². The molecule has 1 saturated carbocycles. The molecule has 3 heterocycles. The molecule has 2 N–H and O–H groups in total. The minimum absolute atomic E-state index is 0.182. The van der Waals surface area contributed by atoms with Crippen molar-refractivity contribution in [1.29, 1.82) is 0 Å². The van der Waals surface area contributed by atoms with E-state index in [0.29, 0.717) is 38.0 Å². The Labute approximate surface area is 185 Å². The molecule has 0 atom stereocenters. The summed E-state index contributed by atoms with van der Waals surface area (Å²) >= 11 is 0. The Morgan fingerprint density at radius 3 is 2.56 bits per heavy atom. The maximum absolute atomic E-state index is 14.0. The van der Waals surface area contributed by atoms with Crippen molar-refractivity contribution in [2.24, 2.45) is 0 Å². The zero-order valence-electron chi connectivity index (χ0n) is 17.9. The average Bonchev–Trinajstić information content (AvgIpc) is 2.75. The second kappa shape index (κ2) is 8.55. The van der Waals surface area contributed by atoms with E-state index in [4.69, 9.17) is 9.97 Å². The predicted molar refractivity (Wildman–Crippen MR) is 119 cm³/mol. The zero-order valence-corrected chi connectivity index (χ0v) is 17.9. The number of piperazine rings is 1. The molecule has 2 aliphatic rings. The van der Waals surface area contributed by atoms with E-state index >= 15 is 0 Å². The van der Waals surface area contributed by atoms with Gasteiger partial charge in [-0.2, -0.15) is 0 Å². The quantitative estimate of drug-likeness (QED) is 0.632. The molecule has 168 valence electrons. The highest BCUT2D eigenvalue weighted by Gasteiger charge is 2.30. The second-order valence-electron chi connectivity index (χ2n) is 8.68. The van der Waals surface area contributed by atoms with Crippen molar-refractivity contribution in [1.82, 2.24) is 19.9 Å². The summed E-state index contributed by atoms with van der Waals surface area (Å²) in [5.41, 5.74) is 2.90. The molecular formula is C23H26F2N6O. The molecule has 5 rings (SSSR count). The van der Waals surface area contributed by atoms with E-state index in [9.17, 15) is 13.9 Å². The third-order valence-corrected chi connectivity index (χ3v) is 6.20. The number of aliphatic hydroxyl groups excluding tert-OH is 1. The highest BCUT2D eigenvalue weighted by molar-refractivity contribution is 5.80. The van der Waals surface area contributed by atoms with Crippen LogP contribution in [0.5, 0.6) is 0 Å². The highest BCUT2D eigenvalue weighted by atomic mass is 19.1. The summed E-state index contributed by atoms with van der Waals surface area (Å²) in [6.45, 7) is 5.24. The molecule has 32 heavy (non-hydrogen) atoms. The third kappa shape index (κ3) is 4.35. The number of hydrogen-bond donors (Lipinski definition) is 2. The van der Waals surface area contributed by atoms with Crippen LogP contribution in [0.2, 0.25) is 0 Å². The Hall–Kier alpha value is -2.91. The average molecular weight is 440 g/mol. The standard InChI is InChI=1S/C23H26F2N6O/c1-14-8-20-21(12-26-14)29-23(22(28-20)27-17-10-18(32)11-17)31-6-4-30(5-7-31)13-15-2-3-16(24)9-19(15)25/h2-3,8-9,12,17-18,32H,4-7,10-11,13H2,1H3,(H,27,28)/t17-,18-. The Kier molecular flexibility index (Phi) is 5.60. The fourth-order valence-electron chi connectivity index (χ4n) is 4.28. The van der Waals surface area contributed by atoms with Crippen molar-refractivity contribution in [3.63, 3.8) is 0 Å². The van der Waals surface area contributed by atoms with E-state index in [1.165, 1.54) is 12.1 Å². The molecule has 1 saturated heterocycles.